The quantitative estimate of drug-likeness (QED) is 0.660. The zero-order chi connectivity index (χ0) is 14.4. The van der Waals surface area contributed by atoms with Crippen LogP contribution in [-0.4, -0.2) is 20.7 Å². The van der Waals surface area contributed by atoms with Gasteiger partial charge in [-0.1, -0.05) is 0 Å². The first-order valence-electron chi connectivity index (χ1n) is 6.13. The van der Waals surface area contributed by atoms with Gasteiger partial charge in [0.2, 0.25) is 0 Å². The van der Waals surface area contributed by atoms with E-state index in [4.69, 9.17) is 5.73 Å². The molecule has 0 aliphatic rings. The second-order valence-corrected chi connectivity index (χ2v) is 5.80. The fourth-order valence-electron chi connectivity index (χ4n) is 2.43. The number of rotatable bonds is 2. The van der Waals surface area contributed by atoms with Crippen molar-refractivity contribution in [3.8, 4) is 11.1 Å². The van der Waals surface area contributed by atoms with Crippen LogP contribution in [0.15, 0.2) is 18.5 Å². The van der Waals surface area contributed by atoms with Gasteiger partial charge in [0.1, 0.15) is 4.83 Å². The average Bonchev–Trinajstić information content (AvgIpc) is 2.92. The van der Waals surface area contributed by atoms with Crippen LogP contribution in [0.4, 0.5) is 0 Å². The van der Waals surface area contributed by atoms with Crippen molar-refractivity contribution in [2.24, 2.45) is 7.05 Å². The van der Waals surface area contributed by atoms with E-state index in [2.05, 4.69) is 10.1 Å². The van der Waals surface area contributed by atoms with Crippen molar-refractivity contribution in [1.29, 1.82) is 0 Å². The summed E-state index contributed by atoms with van der Waals surface area (Å²) in [7, 11) is 1.83. The number of fused-ring (bicyclic) bond motifs is 1. The molecule has 0 saturated heterocycles. The van der Waals surface area contributed by atoms with Crippen molar-refractivity contribution in [1.82, 2.24) is 14.8 Å². The SMILES string of the molecule is Cc1cc(C)c2c(-c3cnn(C)c3)c(C([NH-])=O)sc2n1.[Rb+]. The van der Waals surface area contributed by atoms with E-state index in [1.807, 2.05) is 33.2 Å². The van der Waals surface area contributed by atoms with Crippen molar-refractivity contribution in [3.05, 3.63) is 40.3 Å². The zero-order valence-corrected chi connectivity index (χ0v) is 18.1. The Labute approximate surface area is 175 Å². The van der Waals surface area contributed by atoms with Crippen molar-refractivity contribution < 1.29 is 63.0 Å². The largest absolute Gasteiger partial charge is 1.00 e. The van der Waals surface area contributed by atoms with Gasteiger partial charge in [0, 0.05) is 35.5 Å². The molecular formula is C14H13N4ORbS. The van der Waals surface area contributed by atoms with Gasteiger partial charge in [-0.3, -0.25) is 4.68 Å². The van der Waals surface area contributed by atoms with E-state index in [-0.39, 0.29) is 58.2 Å². The summed E-state index contributed by atoms with van der Waals surface area (Å²) < 4.78 is 1.69. The van der Waals surface area contributed by atoms with Crippen molar-refractivity contribution in [2.75, 3.05) is 0 Å². The first kappa shape index (κ1) is 17.0. The maximum atomic E-state index is 11.6. The Hall–Kier alpha value is -0.405. The maximum Gasteiger partial charge on any atom is 1.00 e. The summed E-state index contributed by atoms with van der Waals surface area (Å²) in [6.45, 7) is 3.93. The molecule has 1 amide bonds. The Morgan fingerprint density at radius 2 is 2.10 bits per heavy atom. The first-order valence-corrected chi connectivity index (χ1v) is 6.94. The van der Waals surface area contributed by atoms with E-state index in [1.54, 1.807) is 10.9 Å². The van der Waals surface area contributed by atoms with Crippen molar-refractivity contribution >= 4 is 27.5 Å². The van der Waals surface area contributed by atoms with E-state index < -0.39 is 5.91 Å². The van der Waals surface area contributed by atoms with Gasteiger partial charge in [-0.15, -0.1) is 11.3 Å². The molecule has 3 aromatic rings. The molecule has 0 aliphatic heterocycles. The number of amides is 1. The Kier molecular flexibility index (Phi) is 5.15. The number of nitrogens with one attached hydrogen (secondary N) is 1. The Morgan fingerprint density at radius 1 is 1.38 bits per heavy atom. The number of thiophene rings is 1. The smallest absolute Gasteiger partial charge is 0.663 e. The van der Waals surface area contributed by atoms with Crippen LogP contribution in [0.25, 0.3) is 27.1 Å². The fraction of sp³-hybridized carbons (Fsp3) is 0.214. The van der Waals surface area contributed by atoms with Gasteiger partial charge in [-0.2, -0.15) is 5.10 Å². The summed E-state index contributed by atoms with van der Waals surface area (Å²) in [6.07, 6.45) is 3.57. The van der Waals surface area contributed by atoms with Crippen LogP contribution in [0.5, 0.6) is 0 Å². The van der Waals surface area contributed by atoms with Gasteiger partial charge in [0.15, 0.2) is 0 Å². The molecule has 0 saturated carbocycles. The van der Waals surface area contributed by atoms with Gasteiger partial charge < -0.3 is 10.5 Å². The number of aryl methyl sites for hydroxylation is 3. The third kappa shape index (κ3) is 3.05. The average molecular weight is 371 g/mol. The van der Waals surface area contributed by atoms with Crippen LogP contribution in [0.1, 0.15) is 20.9 Å². The number of carbonyl (C=O) groups excluding carboxylic acids is 1. The molecule has 0 aliphatic carbocycles. The minimum absolute atomic E-state index is 0. The molecule has 0 unspecified atom stereocenters. The molecule has 0 spiro atoms. The molecule has 5 nitrogen and oxygen atoms in total. The van der Waals surface area contributed by atoms with Crippen LogP contribution in [0, 0.1) is 13.8 Å². The van der Waals surface area contributed by atoms with Crippen molar-refractivity contribution in [3.63, 3.8) is 0 Å². The topological polar surface area (TPSA) is 71.6 Å². The minimum Gasteiger partial charge on any atom is -0.663 e. The van der Waals surface area contributed by atoms with Gasteiger partial charge in [0.05, 0.1) is 17.0 Å². The summed E-state index contributed by atoms with van der Waals surface area (Å²) in [5.74, 6) is -0.677. The molecule has 0 bridgehead atoms. The molecule has 0 radical (unpaired) electrons. The van der Waals surface area contributed by atoms with E-state index >= 15 is 0 Å². The molecule has 0 aromatic carbocycles. The molecule has 7 heteroatoms. The monoisotopic (exact) mass is 370 g/mol. The molecule has 21 heavy (non-hydrogen) atoms. The molecular weight excluding hydrogens is 358 g/mol. The Balaban J connectivity index is 0.00000161. The summed E-state index contributed by atoms with van der Waals surface area (Å²) >= 11 is 1.28. The summed E-state index contributed by atoms with van der Waals surface area (Å²) in [5.41, 5.74) is 11.1. The van der Waals surface area contributed by atoms with Gasteiger partial charge in [0.25, 0.3) is 0 Å². The minimum atomic E-state index is -0.677. The number of nitrogens with zero attached hydrogens (tertiary/aromatic N) is 3. The second kappa shape index (κ2) is 6.38. The van der Waals surface area contributed by atoms with Gasteiger partial charge in [-0.25, -0.2) is 4.98 Å². The molecule has 3 aromatic heterocycles. The van der Waals surface area contributed by atoms with Crippen LogP contribution >= 0.6 is 11.3 Å². The van der Waals surface area contributed by atoms with Crippen LogP contribution in [0.2, 0.25) is 0 Å². The molecule has 3 rings (SSSR count). The maximum absolute atomic E-state index is 11.6. The van der Waals surface area contributed by atoms with E-state index in [0.717, 1.165) is 32.6 Å². The Bertz CT molecular complexity index is 837. The second-order valence-electron chi connectivity index (χ2n) is 4.80. The predicted octanol–water partition coefficient (Wildman–Crippen LogP) is 0.510. The third-order valence-corrected chi connectivity index (χ3v) is 4.27. The number of hydrogen-bond acceptors (Lipinski definition) is 4. The third-order valence-electron chi connectivity index (χ3n) is 3.19. The van der Waals surface area contributed by atoms with E-state index in [1.165, 1.54) is 11.3 Å². The summed E-state index contributed by atoms with van der Waals surface area (Å²) in [4.78, 5) is 17.4. The fourth-order valence-corrected chi connectivity index (χ4v) is 3.59. The predicted molar refractivity (Wildman–Crippen MR) is 79.9 cm³/mol. The number of pyridine rings is 1. The molecule has 0 atom stereocenters. The number of aromatic nitrogens is 3. The van der Waals surface area contributed by atoms with Gasteiger partial charge >= 0.3 is 58.2 Å². The van der Waals surface area contributed by atoms with Crippen molar-refractivity contribution in [2.45, 2.75) is 13.8 Å². The molecule has 102 valence electrons. The number of carbonyl (C=O) groups is 1. The van der Waals surface area contributed by atoms with Crippen LogP contribution in [-0.2, 0) is 7.05 Å². The normalized spacial score (nSPS) is 10.6. The molecule has 0 fully saturated rings. The van der Waals surface area contributed by atoms with Crippen LogP contribution < -0.4 is 58.2 Å². The van der Waals surface area contributed by atoms with E-state index in [9.17, 15) is 4.79 Å². The zero-order valence-electron chi connectivity index (χ0n) is 12.4. The van der Waals surface area contributed by atoms with Gasteiger partial charge in [-0.05, 0) is 25.5 Å². The summed E-state index contributed by atoms with van der Waals surface area (Å²) in [6, 6.07) is 1.99. The standard InChI is InChI=1S/C14H14N4OS.Rb/c1-7-4-8(2)17-14-10(7)11(12(20-14)13(15)19)9-5-16-18(3)6-9;/h4-6H,1-3H3,(H2,15,19);/q;+1/p-1. The summed E-state index contributed by atoms with van der Waals surface area (Å²) in [5, 5.41) is 5.10. The molecule has 1 N–H and O–H groups in total. The Morgan fingerprint density at radius 3 is 2.67 bits per heavy atom. The van der Waals surface area contributed by atoms with E-state index in [0.29, 0.717) is 4.88 Å². The van der Waals surface area contributed by atoms with Crippen LogP contribution in [0.3, 0.4) is 0 Å². The molecule has 3 heterocycles. The first-order chi connectivity index (χ1) is 9.47. The number of hydrogen-bond donors (Lipinski definition) is 0.